The molecule has 0 bridgehead atoms. The van der Waals surface area contributed by atoms with E-state index in [1.807, 2.05) is 11.8 Å². The van der Waals surface area contributed by atoms with Gasteiger partial charge < -0.3 is 5.11 Å². The van der Waals surface area contributed by atoms with Crippen molar-refractivity contribution in [3.8, 4) is 0 Å². The molecule has 2 rings (SSSR count). The van der Waals surface area contributed by atoms with Gasteiger partial charge in [0.05, 0.1) is 4.08 Å². The normalized spacial score (nSPS) is 18.7. The second kappa shape index (κ2) is 7.73. The molecule has 1 saturated heterocycles. The van der Waals surface area contributed by atoms with Gasteiger partial charge in [0.1, 0.15) is 0 Å². The molecule has 1 fully saturated rings. The predicted molar refractivity (Wildman–Crippen MR) is 85.7 cm³/mol. The molecule has 1 aliphatic rings. The summed E-state index contributed by atoms with van der Waals surface area (Å²) in [4.78, 5) is 1.35. The van der Waals surface area contributed by atoms with Crippen LogP contribution in [0.15, 0.2) is 35.2 Å². The van der Waals surface area contributed by atoms with Gasteiger partial charge in [0.2, 0.25) is 0 Å². The Morgan fingerprint density at radius 2 is 1.83 bits per heavy atom. The van der Waals surface area contributed by atoms with Gasteiger partial charge in [-0.3, -0.25) is 0 Å². The lowest BCUT2D eigenvalue weighted by molar-refractivity contribution is 0.282. The zero-order valence-electron chi connectivity index (χ0n) is 10.5. The maximum atomic E-state index is 9.27. The molecule has 0 aromatic heterocycles. The summed E-state index contributed by atoms with van der Waals surface area (Å²) in [5, 5.41) is 9.27. The Morgan fingerprint density at radius 3 is 2.50 bits per heavy atom. The van der Waals surface area contributed by atoms with E-state index in [0.29, 0.717) is 6.61 Å². The van der Waals surface area contributed by atoms with Gasteiger partial charge >= 0.3 is 0 Å². The van der Waals surface area contributed by atoms with E-state index in [-0.39, 0.29) is 4.08 Å². The molecule has 18 heavy (non-hydrogen) atoms. The first-order chi connectivity index (χ1) is 8.85. The summed E-state index contributed by atoms with van der Waals surface area (Å²) in [6, 6.07) is 10.6. The molecule has 1 aromatic rings. The van der Waals surface area contributed by atoms with Gasteiger partial charge in [0.15, 0.2) is 0 Å². The van der Waals surface area contributed by atoms with Crippen LogP contribution in [-0.2, 0) is 0 Å². The standard InChI is InChI=1S/C14H20OS3/c15-9-7-14(17-10-4-11-18-14)8-12-16-13-5-2-1-3-6-13/h1-3,5-6,15H,4,7-12H2. The first-order valence-electron chi connectivity index (χ1n) is 6.41. The summed E-state index contributed by atoms with van der Waals surface area (Å²) in [6.07, 6.45) is 3.43. The minimum atomic E-state index is 0.273. The van der Waals surface area contributed by atoms with E-state index < -0.39 is 0 Å². The molecule has 100 valence electrons. The summed E-state index contributed by atoms with van der Waals surface area (Å²) in [5.41, 5.74) is 0. The Labute approximate surface area is 123 Å². The zero-order valence-corrected chi connectivity index (χ0v) is 13.0. The molecule has 1 aliphatic heterocycles. The predicted octanol–water partition coefficient (Wildman–Crippen LogP) is 4.12. The minimum absolute atomic E-state index is 0.273. The maximum Gasteiger partial charge on any atom is 0.0640 e. The van der Waals surface area contributed by atoms with E-state index in [1.165, 1.54) is 29.2 Å². The van der Waals surface area contributed by atoms with Crippen LogP contribution < -0.4 is 0 Å². The van der Waals surface area contributed by atoms with Gasteiger partial charge in [-0.25, -0.2) is 0 Å². The number of aliphatic hydroxyl groups excluding tert-OH is 1. The molecular formula is C14H20OS3. The van der Waals surface area contributed by atoms with Crippen LogP contribution in [0.2, 0.25) is 0 Å². The monoisotopic (exact) mass is 300 g/mol. The van der Waals surface area contributed by atoms with Gasteiger partial charge in [-0.1, -0.05) is 18.2 Å². The number of aliphatic hydroxyl groups is 1. The first-order valence-corrected chi connectivity index (χ1v) is 9.37. The third-order valence-electron chi connectivity index (χ3n) is 3.01. The van der Waals surface area contributed by atoms with Crippen molar-refractivity contribution >= 4 is 35.3 Å². The molecule has 0 saturated carbocycles. The molecule has 1 aromatic carbocycles. The smallest absolute Gasteiger partial charge is 0.0640 e. The molecular weight excluding hydrogens is 280 g/mol. The van der Waals surface area contributed by atoms with Crippen LogP contribution in [0, 0.1) is 0 Å². The van der Waals surface area contributed by atoms with Crippen LogP contribution in [0.5, 0.6) is 0 Å². The average Bonchev–Trinajstić information content (AvgIpc) is 2.41. The second-order valence-corrected chi connectivity index (χ2v) is 8.73. The van der Waals surface area contributed by atoms with Gasteiger partial charge in [-0.15, -0.1) is 35.3 Å². The van der Waals surface area contributed by atoms with Gasteiger partial charge in [-0.2, -0.15) is 0 Å². The highest BCUT2D eigenvalue weighted by Crippen LogP contribution is 2.47. The van der Waals surface area contributed by atoms with Crippen molar-refractivity contribution in [1.29, 1.82) is 0 Å². The Balaban J connectivity index is 1.82. The molecule has 1 nitrogen and oxygen atoms in total. The van der Waals surface area contributed by atoms with E-state index in [1.54, 1.807) is 0 Å². The number of hydrogen-bond acceptors (Lipinski definition) is 4. The van der Waals surface area contributed by atoms with Crippen LogP contribution in [0.3, 0.4) is 0 Å². The molecule has 0 unspecified atom stereocenters. The Morgan fingerprint density at radius 1 is 1.11 bits per heavy atom. The fraction of sp³-hybridized carbons (Fsp3) is 0.571. The number of benzene rings is 1. The fourth-order valence-corrected chi connectivity index (χ4v) is 6.64. The van der Waals surface area contributed by atoms with Crippen molar-refractivity contribution in [3.63, 3.8) is 0 Å². The van der Waals surface area contributed by atoms with Crippen molar-refractivity contribution in [2.45, 2.75) is 28.2 Å². The highest BCUT2D eigenvalue weighted by Gasteiger charge is 2.32. The van der Waals surface area contributed by atoms with Crippen molar-refractivity contribution in [2.24, 2.45) is 0 Å². The Kier molecular flexibility index (Phi) is 6.29. The van der Waals surface area contributed by atoms with Crippen LogP contribution >= 0.6 is 35.3 Å². The Bertz CT molecular complexity index is 331. The van der Waals surface area contributed by atoms with Crippen molar-refractivity contribution in [1.82, 2.24) is 0 Å². The molecule has 1 heterocycles. The topological polar surface area (TPSA) is 20.2 Å². The number of thioether (sulfide) groups is 3. The quantitative estimate of drug-likeness (QED) is 0.797. The summed E-state index contributed by atoms with van der Waals surface area (Å²) in [5.74, 6) is 3.65. The number of rotatable bonds is 6. The highest BCUT2D eigenvalue weighted by atomic mass is 32.2. The van der Waals surface area contributed by atoms with E-state index in [9.17, 15) is 5.11 Å². The van der Waals surface area contributed by atoms with Crippen molar-refractivity contribution in [3.05, 3.63) is 30.3 Å². The summed E-state index contributed by atoms with van der Waals surface area (Å²) in [7, 11) is 0. The second-order valence-electron chi connectivity index (χ2n) is 4.35. The van der Waals surface area contributed by atoms with E-state index in [4.69, 9.17) is 0 Å². The summed E-state index contributed by atoms with van der Waals surface area (Å²) >= 11 is 6.05. The van der Waals surface area contributed by atoms with E-state index >= 15 is 0 Å². The SMILES string of the molecule is OCCC1(CCSc2ccccc2)SCCCS1. The highest BCUT2D eigenvalue weighted by molar-refractivity contribution is 8.18. The molecule has 0 amide bonds. The lowest BCUT2D eigenvalue weighted by Gasteiger charge is -2.35. The van der Waals surface area contributed by atoms with Crippen LogP contribution in [0.1, 0.15) is 19.3 Å². The van der Waals surface area contributed by atoms with Gasteiger partial charge in [-0.05, 0) is 42.9 Å². The summed E-state index contributed by atoms with van der Waals surface area (Å²) in [6.45, 7) is 0.315. The van der Waals surface area contributed by atoms with Gasteiger partial charge in [0, 0.05) is 17.3 Å². The van der Waals surface area contributed by atoms with Crippen LogP contribution in [-0.4, -0.2) is 33.1 Å². The third kappa shape index (κ3) is 4.41. The van der Waals surface area contributed by atoms with Crippen LogP contribution in [0.4, 0.5) is 0 Å². The lowest BCUT2D eigenvalue weighted by atomic mass is 10.2. The Hall–Kier alpha value is 0.230. The van der Waals surface area contributed by atoms with Crippen molar-refractivity contribution < 1.29 is 5.11 Å². The molecule has 1 N–H and O–H groups in total. The first kappa shape index (κ1) is 14.6. The minimum Gasteiger partial charge on any atom is -0.396 e. The average molecular weight is 301 g/mol. The zero-order chi connectivity index (χ0) is 12.7. The lowest BCUT2D eigenvalue weighted by Crippen LogP contribution is -2.27. The molecule has 0 aliphatic carbocycles. The largest absolute Gasteiger partial charge is 0.396 e. The van der Waals surface area contributed by atoms with Gasteiger partial charge in [0.25, 0.3) is 0 Å². The van der Waals surface area contributed by atoms with Crippen molar-refractivity contribution in [2.75, 3.05) is 23.9 Å². The van der Waals surface area contributed by atoms with Crippen LogP contribution in [0.25, 0.3) is 0 Å². The number of hydrogen-bond donors (Lipinski definition) is 1. The van der Waals surface area contributed by atoms with E-state index in [0.717, 1.165) is 12.2 Å². The molecule has 0 radical (unpaired) electrons. The maximum absolute atomic E-state index is 9.27. The fourth-order valence-electron chi connectivity index (χ4n) is 2.04. The molecule has 0 spiro atoms. The molecule has 4 heteroatoms. The summed E-state index contributed by atoms with van der Waals surface area (Å²) < 4.78 is 0.273. The molecule has 0 atom stereocenters. The third-order valence-corrected chi connectivity index (χ3v) is 7.58. The van der Waals surface area contributed by atoms with E-state index in [2.05, 4.69) is 53.9 Å².